The molecule has 2 aromatic heterocycles. The first-order valence-corrected chi connectivity index (χ1v) is 8.75. The van der Waals surface area contributed by atoms with E-state index in [1.165, 1.54) is 12.8 Å². The topological polar surface area (TPSA) is 62.1 Å². The summed E-state index contributed by atoms with van der Waals surface area (Å²) in [6, 6.07) is 2.11. The van der Waals surface area contributed by atoms with E-state index < -0.39 is 0 Å². The second-order valence-electron chi connectivity index (χ2n) is 7.11. The van der Waals surface area contributed by atoms with Gasteiger partial charge in [-0.3, -0.25) is 4.79 Å². The molecule has 1 amide bonds. The lowest BCUT2D eigenvalue weighted by Gasteiger charge is -2.23. The molecule has 23 heavy (non-hydrogen) atoms. The highest BCUT2D eigenvalue weighted by Gasteiger charge is 2.39. The van der Waals surface area contributed by atoms with Crippen molar-refractivity contribution in [1.82, 2.24) is 14.9 Å². The highest BCUT2D eigenvalue weighted by atomic mass is 16.3. The lowest BCUT2D eigenvalue weighted by atomic mass is 10.1. The minimum atomic E-state index is 0.0730. The first-order chi connectivity index (χ1) is 11.3. The van der Waals surface area contributed by atoms with Crippen LogP contribution >= 0.6 is 0 Å². The van der Waals surface area contributed by atoms with Crippen LogP contribution in [0.2, 0.25) is 0 Å². The van der Waals surface area contributed by atoms with Crippen LogP contribution in [-0.4, -0.2) is 27.3 Å². The van der Waals surface area contributed by atoms with Crippen LogP contribution in [-0.2, 0) is 0 Å². The second-order valence-corrected chi connectivity index (χ2v) is 7.11. The smallest absolute Gasteiger partial charge is 0.258 e. The summed E-state index contributed by atoms with van der Waals surface area (Å²) >= 11 is 0. The average molecular weight is 311 g/mol. The Bertz CT molecular complexity index is 726. The van der Waals surface area contributed by atoms with Gasteiger partial charge in [-0.25, -0.2) is 4.98 Å². The van der Waals surface area contributed by atoms with Gasteiger partial charge in [0, 0.05) is 30.8 Å². The van der Waals surface area contributed by atoms with Crippen molar-refractivity contribution in [2.75, 3.05) is 6.54 Å². The Hall–Kier alpha value is -2.04. The molecular weight excluding hydrogens is 290 g/mol. The molecule has 0 aromatic carbocycles. The maximum absolute atomic E-state index is 13.2. The monoisotopic (exact) mass is 311 g/mol. The minimum absolute atomic E-state index is 0.0730. The summed E-state index contributed by atoms with van der Waals surface area (Å²) in [6.45, 7) is 0.804. The predicted molar refractivity (Wildman–Crippen MR) is 84.3 cm³/mol. The van der Waals surface area contributed by atoms with Crippen molar-refractivity contribution in [3.05, 3.63) is 41.4 Å². The van der Waals surface area contributed by atoms with Crippen LogP contribution in [0.15, 0.2) is 22.9 Å². The van der Waals surface area contributed by atoms with Gasteiger partial charge in [0.25, 0.3) is 5.91 Å². The molecule has 3 heterocycles. The van der Waals surface area contributed by atoms with Crippen LogP contribution in [0.5, 0.6) is 0 Å². The lowest BCUT2D eigenvalue weighted by molar-refractivity contribution is 0.0728. The van der Waals surface area contributed by atoms with Crippen LogP contribution < -0.4 is 0 Å². The molecule has 5 heteroatoms. The van der Waals surface area contributed by atoms with Gasteiger partial charge in [-0.1, -0.05) is 0 Å². The molecule has 1 atom stereocenters. The van der Waals surface area contributed by atoms with Crippen LogP contribution in [0.3, 0.4) is 0 Å². The molecule has 2 aliphatic carbocycles. The molecule has 3 fully saturated rings. The molecule has 2 saturated carbocycles. The quantitative estimate of drug-likeness (QED) is 0.935. The SMILES string of the molecule is O=C(c1cc(C2CC2)oc1C1CC1)N1CCCC1c1ncc[nH]1. The highest BCUT2D eigenvalue weighted by molar-refractivity contribution is 5.96. The maximum Gasteiger partial charge on any atom is 0.258 e. The molecular formula is C18H21N3O2. The van der Waals surface area contributed by atoms with Gasteiger partial charge in [-0.05, 0) is 44.6 Å². The average Bonchev–Trinajstić information content (AvgIpc) is 3.43. The summed E-state index contributed by atoms with van der Waals surface area (Å²) < 4.78 is 6.10. The Morgan fingerprint density at radius 3 is 2.74 bits per heavy atom. The molecule has 2 aromatic rings. The van der Waals surface area contributed by atoms with E-state index >= 15 is 0 Å². The van der Waals surface area contributed by atoms with E-state index in [4.69, 9.17) is 4.42 Å². The molecule has 120 valence electrons. The normalized spacial score (nSPS) is 24.3. The summed E-state index contributed by atoms with van der Waals surface area (Å²) in [6.07, 6.45) is 10.3. The van der Waals surface area contributed by atoms with Crippen molar-refractivity contribution >= 4 is 5.91 Å². The van der Waals surface area contributed by atoms with E-state index in [-0.39, 0.29) is 11.9 Å². The number of carbonyl (C=O) groups excluding carboxylic acids is 1. The molecule has 3 aliphatic rings. The minimum Gasteiger partial charge on any atom is -0.465 e. The van der Waals surface area contributed by atoms with E-state index in [1.807, 2.05) is 17.2 Å². The summed E-state index contributed by atoms with van der Waals surface area (Å²) in [4.78, 5) is 22.7. The van der Waals surface area contributed by atoms with Gasteiger partial charge in [0.05, 0.1) is 11.6 Å². The fraction of sp³-hybridized carbons (Fsp3) is 0.556. The first kappa shape index (κ1) is 13.4. The third-order valence-corrected chi connectivity index (χ3v) is 5.29. The molecule has 0 bridgehead atoms. The van der Waals surface area contributed by atoms with Crippen molar-refractivity contribution in [3.63, 3.8) is 0 Å². The lowest BCUT2D eigenvalue weighted by Crippen LogP contribution is -2.31. The van der Waals surface area contributed by atoms with Gasteiger partial charge in [0.15, 0.2) is 0 Å². The molecule has 1 saturated heterocycles. The number of carbonyl (C=O) groups is 1. The molecule has 1 unspecified atom stereocenters. The van der Waals surface area contributed by atoms with Crippen molar-refractivity contribution in [1.29, 1.82) is 0 Å². The fourth-order valence-electron chi connectivity index (χ4n) is 3.72. The summed E-state index contributed by atoms with van der Waals surface area (Å²) in [5.41, 5.74) is 0.813. The maximum atomic E-state index is 13.2. The van der Waals surface area contributed by atoms with E-state index in [1.54, 1.807) is 6.20 Å². The van der Waals surface area contributed by atoms with E-state index in [0.29, 0.717) is 11.8 Å². The third kappa shape index (κ3) is 2.30. The Morgan fingerprint density at radius 2 is 2.04 bits per heavy atom. The van der Waals surface area contributed by atoms with Crippen LogP contribution in [0.25, 0.3) is 0 Å². The zero-order valence-electron chi connectivity index (χ0n) is 13.1. The first-order valence-electron chi connectivity index (χ1n) is 8.75. The number of nitrogens with one attached hydrogen (secondary N) is 1. The van der Waals surface area contributed by atoms with Crippen molar-refractivity contribution in [2.45, 2.75) is 56.4 Å². The van der Waals surface area contributed by atoms with E-state index in [9.17, 15) is 4.79 Å². The number of rotatable bonds is 4. The summed E-state index contributed by atoms with van der Waals surface area (Å²) in [5, 5.41) is 0. The zero-order valence-corrected chi connectivity index (χ0v) is 13.1. The van der Waals surface area contributed by atoms with Crippen molar-refractivity contribution in [2.24, 2.45) is 0 Å². The van der Waals surface area contributed by atoms with Gasteiger partial charge >= 0.3 is 0 Å². The number of hydrogen-bond acceptors (Lipinski definition) is 3. The highest BCUT2D eigenvalue weighted by Crippen LogP contribution is 2.48. The van der Waals surface area contributed by atoms with E-state index in [2.05, 4.69) is 9.97 Å². The molecule has 0 spiro atoms. The van der Waals surface area contributed by atoms with Gasteiger partial charge in [-0.2, -0.15) is 0 Å². The molecule has 1 aliphatic heterocycles. The van der Waals surface area contributed by atoms with Crippen LogP contribution in [0.4, 0.5) is 0 Å². The Labute approximate surface area is 135 Å². The third-order valence-electron chi connectivity index (χ3n) is 5.29. The second kappa shape index (κ2) is 4.98. The van der Waals surface area contributed by atoms with Gasteiger partial charge in [-0.15, -0.1) is 0 Å². The Kier molecular flexibility index (Phi) is 2.90. The number of aromatic nitrogens is 2. The number of amides is 1. The summed E-state index contributed by atoms with van der Waals surface area (Å²) in [5.74, 6) is 4.02. The Morgan fingerprint density at radius 1 is 1.22 bits per heavy atom. The largest absolute Gasteiger partial charge is 0.465 e. The molecule has 5 rings (SSSR count). The number of aromatic amines is 1. The fourth-order valence-corrected chi connectivity index (χ4v) is 3.72. The van der Waals surface area contributed by atoms with Gasteiger partial charge < -0.3 is 14.3 Å². The standard InChI is InChI=1S/C18H21N3O2/c22-18(21-9-1-2-14(21)17-19-7-8-20-17)13-10-15(11-3-4-11)23-16(13)12-5-6-12/h7-8,10-12,14H,1-6,9H2,(H,19,20). The number of nitrogens with zero attached hydrogens (tertiary/aromatic N) is 2. The number of hydrogen-bond donors (Lipinski definition) is 1. The summed E-state index contributed by atoms with van der Waals surface area (Å²) in [7, 11) is 0. The van der Waals surface area contributed by atoms with Crippen molar-refractivity contribution < 1.29 is 9.21 Å². The van der Waals surface area contributed by atoms with Crippen LogP contribution in [0, 0.1) is 0 Å². The zero-order chi connectivity index (χ0) is 15.4. The van der Waals surface area contributed by atoms with Gasteiger partial charge in [0.2, 0.25) is 0 Å². The number of furan rings is 1. The number of imidazole rings is 1. The predicted octanol–water partition coefficient (Wildman–Crippen LogP) is 3.73. The van der Waals surface area contributed by atoms with Gasteiger partial charge in [0.1, 0.15) is 17.3 Å². The Balaban J connectivity index is 1.47. The number of likely N-dealkylation sites (tertiary alicyclic amines) is 1. The number of H-pyrrole nitrogens is 1. The molecule has 1 N–H and O–H groups in total. The van der Waals surface area contributed by atoms with Crippen molar-refractivity contribution in [3.8, 4) is 0 Å². The van der Waals surface area contributed by atoms with E-state index in [0.717, 1.165) is 55.1 Å². The molecule has 5 nitrogen and oxygen atoms in total. The molecule has 0 radical (unpaired) electrons. The van der Waals surface area contributed by atoms with Crippen LogP contribution in [0.1, 0.15) is 84.1 Å².